The zero-order chi connectivity index (χ0) is 26.2. The summed E-state index contributed by atoms with van der Waals surface area (Å²) >= 11 is 0. The number of ether oxygens (including phenoxy) is 6. The number of hydrogen-bond acceptors (Lipinski definition) is 11. The third-order valence-corrected chi connectivity index (χ3v) is 6.40. The van der Waals surface area contributed by atoms with Gasteiger partial charge in [-0.3, -0.25) is 4.18 Å². The van der Waals surface area contributed by atoms with Crippen LogP contribution in [0.1, 0.15) is 20.8 Å². The molecule has 1 aromatic rings. The molecule has 0 bridgehead atoms. The molecule has 4 rings (SSSR count). The summed E-state index contributed by atoms with van der Waals surface area (Å²) in [5.41, 5.74) is 0.597. The quantitative estimate of drug-likeness (QED) is 0.349. The number of hydrogen-bond donors (Lipinski definition) is 0. The molecule has 0 aliphatic carbocycles. The van der Waals surface area contributed by atoms with Gasteiger partial charge in [-0.1, -0.05) is 6.07 Å². The van der Waals surface area contributed by atoms with E-state index in [1.807, 2.05) is 39.0 Å². The van der Waals surface area contributed by atoms with E-state index in [-0.39, 0.29) is 30.5 Å². The van der Waals surface area contributed by atoms with Crippen molar-refractivity contribution >= 4 is 22.7 Å². The summed E-state index contributed by atoms with van der Waals surface area (Å²) in [6.07, 6.45) is 0.726. The Hall–Kier alpha value is -1.45. The predicted molar refractivity (Wildman–Crippen MR) is 132 cm³/mol. The van der Waals surface area contributed by atoms with Crippen molar-refractivity contribution in [2.24, 2.45) is 0 Å². The van der Waals surface area contributed by atoms with Crippen molar-refractivity contribution in [2.75, 3.05) is 66.2 Å². The van der Waals surface area contributed by atoms with Crippen LogP contribution in [0, 0.1) is 0 Å². The fraction of sp³-hybridized carbons (Fsp3) is 0.739. The second-order valence-electron chi connectivity index (χ2n) is 9.18. The van der Waals surface area contributed by atoms with E-state index in [1.165, 1.54) is 0 Å². The Morgan fingerprint density at radius 1 is 1.00 bits per heavy atom. The molecule has 0 saturated carbocycles. The minimum Gasteiger partial charge on any atom is -0.493 e. The Kier molecular flexibility index (Phi) is 10.8. The van der Waals surface area contributed by atoms with Crippen LogP contribution < -0.4 is 14.9 Å². The van der Waals surface area contributed by atoms with E-state index in [0.717, 1.165) is 11.7 Å². The molecule has 0 N–H and O–H groups in total. The number of benzene rings is 1. The molecule has 0 spiro atoms. The molecule has 3 saturated heterocycles. The van der Waals surface area contributed by atoms with Crippen LogP contribution in [0.4, 0.5) is 0 Å². The SMILES string of the molecule is COc1cc(B2OC(C)C(C)(C)O2)ccc1OC[C@@H]1COCCO1.CS(=O)(=O)OC[C@@H]1COCCO1. The van der Waals surface area contributed by atoms with Gasteiger partial charge in [0.05, 0.1) is 71.3 Å². The summed E-state index contributed by atoms with van der Waals surface area (Å²) in [4.78, 5) is 0. The molecule has 3 aliphatic rings. The third-order valence-electron chi connectivity index (χ3n) is 5.84. The third kappa shape index (κ3) is 9.14. The molecule has 13 heteroatoms. The zero-order valence-corrected chi connectivity index (χ0v) is 22.4. The second-order valence-corrected chi connectivity index (χ2v) is 10.8. The zero-order valence-electron chi connectivity index (χ0n) is 21.6. The molecular formula is C23H37BO11S. The fourth-order valence-corrected chi connectivity index (χ4v) is 3.89. The molecule has 36 heavy (non-hydrogen) atoms. The van der Waals surface area contributed by atoms with Gasteiger partial charge in [0, 0.05) is 0 Å². The average Bonchev–Trinajstić information content (AvgIpc) is 3.14. The smallest absolute Gasteiger partial charge is 0.493 e. The molecule has 11 nitrogen and oxygen atoms in total. The first-order chi connectivity index (χ1) is 17.1. The molecule has 0 radical (unpaired) electrons. The fourth-order valence-electron chi connectivity index (χ4n) is 3.49. The summed E-state index contributed by atoms with van der Waals surface area (Å²) < 4.78 is 70.0. The Bertz CT molecular complexity index is 915. The van der Waals surface area contributed by atoms with Crippen molar-refractivity contribution in [1.29, 1.82) is 0 Å². The van der Waals surface area contributed by atoms with Crippen LogP contribution >= 0.6 is 0 Å². The van der Waals surface area contributed by atoms with Crippen LogP contribution in [-0.4, -0.2) is 106 Å². The molecular weight excluding hydrogens is 495 g/mol. The van der Waals surface area contributed by atoms with E-state index in [2.05, 4.69) is 4.18 Å². The van der Waals surface area contributed by atoms with Gasteiger partial charge in [-0.15, -0.1) is 0 Å². The van der Waals surface area contributed by atoms with E-state index in [1.54, 1.807) is 7.11 Å². The monoisotopic (exact) mass is 532 g/mol. The van der Waals surface area contributed by atoms with Crippen LogP contribution in [-0.2, 0) is 42.6 Å². The predicted octanol–water partition coefficient (Wildman–Crippen LogP) is 0.777. The van der Waals surface area contributed by atoms with Crippen LogP contribution in [0.5, 0.6) is 11.5 Å². The Morgan fingerprint density at radius 3 is 2.14 bits per heavy atom. The number of methoxy groups -OCH3 is 1. The highest BCUT2D eigenvalue weighted by molar-refractivity contribution is 7.85. The van der Waals surface area contributed by atoms with Gasteiger partial charge in [0.1, 0.15) is 18.8 Å². The van der Waals surface area contributed by atoms with E-state index in [4.69, 9.17) is 37.7 Å². The van der Waals surface area contributed by atoms with Gasteiger partial charge in [0.2, 0.25) is 0 Å². The van der Waals surface area contributed by atoms with Crippen LogP contribution in [0.3, 0.4) is 0 Å². The Morgan fingerprint density at radius 2 is 1.64 bits per heavy atom. The standard InChI is InChI=1S/C17H25BO6.C6H12O5S/c1-12-17(2,3)24-18(23-12)13-5-6-15(16(9-13)19-4)22-11-14-10-20-7-8-21-14;1-12(7,8)11-5-6-4-9-2-3-10-6/h5-6,9,12,14H,7-8,10-11H2,1-4H3;6H,2-5H2,1H3/t12?,14-;6-/m00/s1. The minimum absolute atomic E-state index is 0.0212. The summed E-state index contributed by atoms with van der Waals surface area (Å²) in [6, 6.07) is 5.71. The second kappa shape index (κ2) is 13.4. The van der Waals surface area contributed by atoms with E-state index >= 15 is 0 Å². The van der Waals surface area contributed by atoms with Crippen LogP contribution in [0.15, 0.2) is 18.2 Å². The minimum atomic E-state index is -3.36. The molecule has 0 aromatic heterocycles. The average molecular weight is 532 g/mol. The van der Waals surface area contributed by atoms with Crippen LogP contribution in [0.25, 0.3) is 0 Å². The lowest BCUT2D eigenvalue weighted by Gasteiger charge is -2.23. The first-order valence-electron chi connectivity index (χ1n) is 11.9. The Labute approximate surface area is 213 Å². The highest BCUT2D eigenvalue weighted by Crippen LogP contribution is 2.30. The van der Waals surface area contributed by atoms with Gasteiger partial charge in [0.25, 0.3) is 10.1 Å². The molecule has 1 unspecified atom stereocenters. The highest BCUT2D eigenvalue weighted by atomic mass is 32.2. The van der Waals surface area contributed by atoms with E-state index in [0.29, 0.717) is 57.7 Å². The van der Waals surface area contributed by atoms with Crippen molar-refractivity contribution in [2.45, 2.75) is 44.7 Å². The largest absolute Gasteiger partial charge is 0.494 e. The summed E-state index contributed by atoms with van der Waals surface area (Å²) in [5, 5.41) is 0. The van der Waals surface area contributed by atoms with Crippen molar-refractivity contribution in [3.8, 4) is 11.5 Å². The van der Waals surface area contributed by atoms with Gasteiger partial charge in [-0.05, 0) is 38.4 Å². The number of rotatable bonds is 8. The maximum Gasteiger partial charge on any atom is 0.494 e. The molecule has 3 aliphatic heterocycles. The molecule has 1 aromatic carbocycles. The topological polar surface area (TPSA) is 117 Å². The van der Waals surface area contributed by atoms with Gasteiger partial charge in [0.15, 0.2) is 11.5 Å². The highest BCUT2D eigenvalue weighted by Gasteiger charge is 2.44. The molecule has 3 heterocycles. The first-order valence-corrected chi connectivity index (χ1v) is 13.8. The van der Waals surface area contributed by atoms with Gasteiger partial charge in [-0.2, -0.15) is 8.42 Å². The molecule has 0 amide bonds. The normalized spacial score (nSPS) is 26.1. The van der Waals surface area contributed by atoms with Gasteiger partial charge >= 0.3 is 7.12 Å². The molecule has 204 valence electrons. The summed E-state index contributed by atoms with van der Waals surface area (Å²) in [6.45, 7) is 9.80. The van der Waals surface area contributed by atoms with Crippen molar-refractivity contribution in [3.63, 3.8) is 0 Å². The maximum absolute atomic E-state index is 10.6. The van der Waals surface area contributed by atoms with Crippen molar-refractivity contribution in [1.82, 2.24) is 0 Å². The van der Waals surface area contributed by atoms with Gasteiger partial charge in [-0.25, -0.2) is 0 Å². The van der Waals surface area contributed by atoms with Gasteiger partial charge < -0.3 is 37.7 Å². The van der Waals surface area contributed by atoms with Crippen LogP contribution in [0.2, 0.25) is 0 Å². The van der Waals surface area contributed by atoms with Crippen molar-refractivity contribution in [3.05, 3.63) is 18.2 Å². The lowest BCUT2D eigenvalue weighted by atomic mass is 9.79. The van der Waals surface area contributed by atoms with E-state index in [9.17, 15) is 8.42 Å². The summed E-state index contributed by atoms with van der Waals surface area (Å²) in [5.74, 6) is 1.31. The Balaban J connectivity index is 0.000000253. The molecule has 3 fully saturated rings. The lowest BCUT2D eigenvalue weighted by molar-refractivity contribution is -0.101. The summed E-state index contributed by atoms with van der Waals surface area (Å²) in [7, 11) is -2.13. The van der Waals surface area contributed by atoms with E-state index < -0.39 is 17.2 Å². The van der Waals surface area contributed by atoms with Crippen molar-refractivity contribution < 1.29 is 50.3 Å². The maximum atomic E-state index is 10.6. The first kappa shape index (κ1) is 29.1. The molecule has 3 atom stereocenters. The lowest BCUT2D eigenvalue weighted by Crippen LogP contribution is -2.35.